The molecule has 0 saturated carbocycles. The molecule has 2 aromatic rings. The van der Waals surface area contributed by atoms with Crippen LogP contribution in [0.4, 0.5) is 5.69 Å². The van der Waals surface area contributed by atoms with Crippen molar-refractivity contribution in [3.8, 4) is 0 Å². The molecule has 1 fully saturated rings. The molecular weight excluding hydrogens is 330 g/mol. The first-order valence-corrected chi connectivity index (χ1v) is 8.76. The van der Waals surface area contributed by atoms with Gasteiger partial charge < -0.3 is 21.1 Å². The average molecular weight is 353 g/mol. The van der Waals surface area contributed by atoms with Gasteiger partial charge in [0.1, 0.15) is 0 Å². The van der Waals surface area contributed by atoms with Crippen molar-refractivity contribution in [2.45, 2.75) is 25.0 Å². The molecule has 6 heteroatoms. The van der Waals surface area contributed by atoms with Crippen LogP contribution in [0.25, 0.3) is 0 Å². The number of hydrogen-bond acceptors (Lipinski definition) is 4. The highest BCUT2D eigenvalue weighted by molar-refractivity contribution is 5.97. The lowest BCUT2D eigenvalue weighted by Crippen LogP contribution is -2.35. The van der Waals surface area contributed by atoms with E-state index < -0.39 is 6.10 Å². The lowest BCUT2D eigenvalue weighted by atomic mass is 10.1. The molecule has 26 heavy (non-hydrogen) atoms. The number of rotatable bonds is 6. The number of β-amino-alcohol motifs (C(OH)–C–C–N with tert-alkyl or cyclic N) is 1. The van der Waals surface area contributed by atoms with Crippen LogP contribution < -0.4 is 16.0 Å². The maximum atomic E-state index is 12.2. The van der Waals surface area contributed by atoms with Gasteiger partial charge in [-0.2, -0.15) is 0 Å². The molecule has 3 rings (SSSR count). The third kappa shape index (κ3) is 4.91. The summed E-state index contributed by atoms with van der Waals surface area (Å²) in [4.78, 5) is 24.3. The Hall–Kier alpha value is -2.70. The van der Waals surface area contributed by atoms with E-state index in [1.165, 1.54) is 5.56 Å². The molecule has 4 N–H and O–H groups in total. The highest BCUT2D eigenvalue weighted by atomic mass is 16.3. The van der Waals surface area contributed by atoms with Crippen LogP contribution in [0.1, 0.15) is 22.3 Å². The van der Waals surface area contributed by atoms with E-state index in [1.807, 2.05) is 30.3 Å². The molecule has 1 aliphatic heterocycles. The van der Waals surface area contributed by atoms with Crippen LogP contribution in [0, 0.1) is 0 Å². The van der Waals surface area contributed by atoms with Crippen molar-refractivity contribution in [3.63, 3.8) is 0 Å². The Morgan fingerprint density at radius 1 is 1.08 bits per heavy atom. The summed E-state index contributed by atoms with van der Waals surface area (Å²) in [7, 11) is 0. The van der Waals surface area contributed by atoms with Crippen LogP contribution in [-0.2, 0) is 11.2 Å². The quantitative estimate of drug-likeness (QED) is 0.630. The summed E-state index contributed by atoms with van der Waals surface area (Å²) in [5.41, 5.74) is 2.35. The van der Waals surface area contributed by atoms with Crippen LogP contribution in [0.2, 0.25) is 0 Å². The van der Waals surface area contributed by atoms with Gasteiger partial charge in [-0.3, -0.25) is 9.59 Å². The van der Waals surface area contributed by atoms with Gasteiger partial charge in [-0.05, 0) is 42.7 Å². The third-order valence-electron chi connectivity index (χ3n) is 4.38. The highest BCUT2D eigenvalue weighted by Gasteiger charge is 2.27. The minimum absolute atomic E-state index is 0.139. The predicted octanol–water partition coefficient (Wildman–Crippen LogP) is 1.32. The summed E-state index contributed by atoms with van der Waals surface area (Å²) in [5, 5.41) is 18.1. The fraction of sp³-hybridized carbons (Fsp3) is 0.300. The number of nitrogens with one attached hydrogen (secondary N) is 3. The Labute approximate surface area is 152 Å². The van der Waals surface area contributed by atoms with Gasteiger partial charge >= 0.3 is 0 Å². The van der Waals surface area contributed by atoms with Gasteiger partial charge in [0.25, 0.3) is 5.91 Å². The molecule has 0 radical (unpaired) electrons. The van der Waals surface area contributed by atoms with Crippen molar-refractivity contribution in [1.29, 1.82) is 0 Å². The monoisotopic (exact) mass is 353 g/mol. The van der Waals surface area contributed by atoms with Crippen molar-refractivity contribution in [2.24, 2.45) is 0 Å². The first-order valence-electron chi connectivity index (χ1n) is 8.76. The molecule has 2 amide bonds. The van der Waals surface area contributed by atoms with E-state index in [2.05, 4.69) is 16.0 Å². The Morgan fingerprint density at radius 2 is 1.81 bits per heavy atom. The summed E-state index contributed by atoms with van der Waals surface area (Å²) >= 11 is 0. The SMILES string of the molecule is O=C(NCCc1ccccc1)c1ccc(NC(=O)C2CC(O)CN2)cc1. The topological polar surface area (TPSA) is 90.5 Å². The van der Waals surface area contributed by atoms with Crippen molar-refractivity contribution >= 4 is 17.5 Å². The zero-order valence-electron chi connectivity index (χ0n) is 14.4. The molecule has 136 valence electrons. The van der Waals surface area contributed by atoms with Gasteiger partial charge in [0.15, 0.2) is 0 Å². The molecule has 2 aromatic carbocycles. The molecule has 0 spiro atoms. The number of amides is 2. The lowest BCUT2D eigenvalue weighted by Gasteiger charge is -2.11. The first kappa shape index (κ1) is 18.1. The van der Waals surface area contributed by atoms with E-state index in [9.17, 15) is 14.7 Å². The number of aliphatic hydroxyl groups excluding tert-OH is 1. The van der Waals surface area contributed by atoms with Crippen molar-refractivity contribution < 1.29 is 14.7 Å². The zero-order valence-corrected chi connectivity index (χ0v) is 14.4. The molecule has 1 heterocycles. The summed E-state index contributed by atoms with van der Waals surface area (Å²) in [6, 6.07) is 16.4. The molecule has 0 bridgehead atoms. The standard InChI is InChI=1S/C20H23N3O3/c24-17-12-18(22-13-17)20(26)23-16-8-6-15(7-9-16)19(25)21-11-10-14-4-2-1-3-5-14/h1-9,17-18,22,24H,10-13H2,(H,21,25)(H,23,26). The summed E-state index contributed by atoms with van der Waals surface area (Å²) in [6.45, 7) is 0.997. The number of anilines is 1. The fourth-order valence-corrected chi connectivity index (χ4v) is 2.92. The number of benzene rings is 2. The molecule has 2 unspecified atom stereocenters. The normalized spacial score (nSPS) is 19.1. The van der Waals surface area contributed by atoms with Crippen LogP contribution in [-0.4, -0.2) is 42.2 Å². The average Bonchev–Trinajstić information content (AvgIpc) is 3.10. The summed E-state index contributed by atoms with van der Waals surface area (Å²) in [5.74, 6) is -0.319. The Kier molecular flexibility index (Phi) is 5.99. The minimum atomic E-state index is -0.479. The molecule has 6 nitrogen and oxygen atoms in total. The van der Waals surface area contributed by atoms with Gasteiger partial charge in [-0.1, -0.05) is 30.3 Å². The molecule has 0 aliphatic carbocycles. The molecular formula is C20H23N3O3. The Morgan fingerprint density at radius 3 is 2.46 bits per heavy atom. The fourth-order valence-electron chi connectivity index (χ4n) is 2.92. The van der Waals surface area contributed by atoms with Crippen molar-refractivity contribution in [3.05, 3.63) is 65.7 Å². The Balaban J connectivity index is 1.47. The van der Waals surface area contributed by atoms with Crippen molar-refractivity contribution in [2.75, 3.05) is 18.4 Å². The van der Waals surface area contributed by atoms with E-state index in [0.717, 1.165) is 6.42 Å². The number of carbonyl (C=O) groups is 2. The summed E-state index contributed by atoms with van der Waals surface area (Å²) < 4.78 is 0. The summed E-state index contributed by atoms with van der Waals surface area (Å²) in [6.07, 6.45) is 0.710. The van der Waals surface area contributed by atoms with Crippen LogP contribution in [0.15, 0.2) is 54.6 Å². The maximum absolute atomic E-state index is 12.2. The second-order valence-corrected chi connectivity index (χ2v) is 6.41. The number of carbonyl (C=O) groups excluding carboxylic acids is 2. The van der Waals surface area contributed by atoms with Gasteiger partial charge in [-0.15, -0.1) is 0 Å². The first-order chi connectivity index (χ1) is 12.6. The zero-order chi connectivity index (χ0) is 18.4. The molecule has 2 atom stereocenters. The number of hydrogen-bond donors (Lipinski definition) is 4. The van der Waals surface area contributed by atoms with Gasteiger partial charge in [0, 0.05) is 24.3 Å². The lowest BCUT2D eigenvalue weighted by molar-refractivity contribution is -0.117. The number of aliphatic hydroxyl groups is 1. The van der Waals surface area contributed by atoms with Gasteiger partial charge in [0.2, 0.25) is 5.91 Å². The largest absolute Gasteiger partial charge is 0.392 e. The van der Waals surface area contributed by atoms with E-state index in [4.69, 9.17) is 0 Å². The van der Waals surface area contributed by atoms with E-state index in [1.54, 1.807) is 24.3 Å². The highest BCUT2D eigenvalue weighted by Crippen LogP contribution is 2.13. The van der Waals surface area contributed by atoms with Crippen LogP contribution in [0.3, 0.4) is 0 Å². The van der Waals surface area contributed by atoms with Crippen LogP contribution in [0.5, 0.6) is 0 Å². The van der Waals surface area contributed by atoms with Crippen LogP contribution >= 0.6 is 0 Å². The minimum Gasteiger partial charge on any atom is -0.392 e. The molecule has 1 saturated heterocycles. The Bertz CT molecular complexity index is 747. The predicted molar refractivity (Wildman–Crippen MR) is 100.0 cm³/mol. The van der Waals surface area contributed by atoms with E-state index in [0.29, 0.717) is 30.8 Å². The third-order valence-corrected chi connectivity index (χ3v) is 4.38. The maximum Gasteiger partial charge on any atom is 0.251 e. The van der Waals surface area contributed by atoms with Crippen molar-refractivity contribution in [1.82, 2.24) is 10.6 Å². The second kappa shape index (κ2) is 8.60. The van der Waals surface area contributed by atoms with E-state index in [-0.39, 0.29) is 17.9 Å². The molecule has 0 aromatic heterocycles. The smallest absolute Gasteiger partial charge is 0.251 e. The van der Waals surface area contributed by atoms with E-state index >= 15 is 0 Å². The van der Waals surface area contributed by atoms with Gasteiger partial charge in [-0.25, -0.2) is 0 Å². The van der Waals surface area contributed by atoms with Gasteiger partial charge in [0.05, 0.1) is 12.1 Å². The molecule has 1 aliphatic rings. The second-order valence-electron chi connectivity index (χ2n) is 6.41.